The lowest BCUT2D eigenvalue weighted by molar-refractivity contribution is -0.144. The number of thiophene rings is 1. The number of anilines is 1. The zero-order chi connectivity index (χ0) is 22.1. The van der Waals surface area contributed by atoms with Crippen LogP contribution in [0.25, 0.3) is 0 Å². The van der Waals surface area contributed by atoms with Crippen LogP contribution in [0.4, 0.5) is 5.69 Å². The summed E-state index contributed by atoms with van der Waals surface area (Å²) in [7, 11) is 2.95. The van der Waals surface area contributed by atoms with E-state index in [1.807, 2.05) is 0 Å². The van der Waals surface area contributed by atoms with Crippen molar-refractivity contribution in [3.05, 3.63) is 40.6 Å². The molecule has 1 unspecified atom stereocenters. The standard InChI is InChI=1S/C22H23NO6S/c1-5-20(25)23(16-10-9-15(27-3)14-18(16)28-4)22(19-8-7-13-30-19)17(24)11-12-21(26)29-6-2/h1,7-10,13-14,22H,6,11-12H2,2-4H3. The Morgan fingerprint density at radius 2 is 1.93 bits per heavy atom. The second kappa shape index (κ2) is 11.0. The third-order valence-electron chi connectivity index (χ3n) is 4.25. The molecule has 2 rings (SSSR count). The fourth-order valence-corrected chi connectivity index (χ4v) is 3.73. The van der Waals surface area contributed by atoms with Gasteiger partial charge in [0.05, 0.1) is 32.9 Å². The van der Waals surface area contributed by atoms with E-state index < -0.39 is 17.9 Å². The van der Waals surface area contributed by atoms with Crippen molar-refractivity contribution in [3.8, 4) is 23.8 Å². The van der Waals surface area contributed by atoms with Crippen molar-refractivity contribution in [2.45, 2.75) is 25.8 Å². The van der Waals surface area contributed by atoms with Crippen molar-refractivity contribution >= 4 is 34.7 Å². The summed E-state index contributed by atoms with van der Waals surface area (Å²) in [5, 5.41) is 1.80. The largest absolute Gasteiger partial charge is 0.497 e. The van der Waals surface area contributed by atoms with E-state index in [-0.39, 0.29) is 25.2 Å². The summed E-state index contributed by atoms with van der Waals surface area (Å²) in [6.45, 7) is 1.92. The predicted molar refractivity (Wildman–Crippen MR) is 114 cm³/mol. The summed E-state index contributed by atoms with van der Waals surface area (Å²) in [6, 6.07) is 7.35. The van der Waals surface area contributed by atoms with Crippen LogP contribution in [-0.4, -0.2) is 38.5 Å². The minimum atomic E-state index is -1.01. The van der Waals surface area contributed by atoms with E-state index in [0.717, 1.165) is 0 Å². The molecular formula is C22H23NO6S. The van der Waals surface area contributed by atoms with Gasteiger partial charge in [-0.2, -0.15) is 0 Å². The molecule has 1 atom stereocenters. The lowest BCUT2D eigenvalue weighted by Crippen LogP contribution is -2.38. The molecule has 30 heavy (non-hydrogen) atoms. The Hall–Kier alpha value is -3.31. The van der Waals surface area contributed by atoms with Crippen LogP contribution in [0.5, 0.6) is 11.5 Å². The monoisotopic (exact) mass is 429 g/mol. The minimum absolute atomic E-state index is 0.0909. The Kier molecular flexibility index (Phi) is 8.44. The number of ether oxygens (including phenoxy) is 3. The number of carbonyl (C=O) groups is 3. The quantitative estimate of drug-likeness (QED) is 0.425. The van der Waals surface area contributed by atoms with Gasteiger partial charge in [-0.15, -0.1) is 17.8 Å². The topological polar surface area (TPSA) is 82.1 Å². The molecule has 7 nitrogen and oxygen atoms in total. The van der Waals surface area contributed by atoms with Crippen molar-refractivity contribution in [2.75, 3.05) is 25.7 Å². The summed E-state index contributed by atoms with van der Waals surface area (Å²) >= 11 is 1.31. The van der Waals surface area contributed by atoms with Gasteiger partial charge >= 0.3 is 11.9 Å². The number of Topliss-reactive ketones (excluding diaryl/α,β-unsaturated/α-hetero) is 1. The SMILES string of the molecule is C#CC(=O)N(c1ccc(OC)cc1OC)C(C(=O)CCC(=O)OCC)c1cccs1. The number of nitrogens with zero attached hydrogens (tertiary/aromatic N) is 1. The van der Waals surface area contributed by atoms with Gasteiger partial charge in [0.1, 0.15) is 17.5 Å². The summed E-state index contributed by atoms with van der Waals surface area (Å²) < 4.78 is 15.5. The minimum Gasteiger partial charge on any atom is -0.497 e. The van der Waals surface area contributed by atoms with Crippen LogP contribution in [0.3, 0.4) is 0 Å². The van der Waals surface area contributed by atoms with Gasteiger partial charge in [-0.3, -0.25) is 19.3 Å². The Bertz CT molecular complexity index is 932. The molecule has 2 aromatic rings. The smallest absolute Gasteiger partial charge is 0.306 e. The first-order valence-corrected chi connectivity index (χ1v) is 10.1. The number of amides is 1. The van der Waals surface area contributed by atoms with Gasteiger partial charge < -0.3 is 14.2 Å². The third-order valence-corrected chi connectivity index (χ3v) is 5.17. The normalized spacial score (nSPS) is 11.1. The predicted octanol–water partition coefficient (Wildman–Crippen LogP) is 3.39. The second-order valence-electron chi connectivity index (χ2n) is 6.05. The average molecular weight is 429 g/mol. The molecule has 1 heterocycles. The van der Waals surface area contributed by atoms with Crippen molar-refractivity contribution < 1.29 is 28.6 Å². The summed E-state index contributed by atoms with van der Waals surface area (Å²) in [6.07, 6.45) is 5.23. The van der Waals surface area contributed by atoms with Crippen LogP contribution in [0.15, 0.2) is 35.7 Å². The Balaban J connectivity index is 2.51. The summed E-state index contributed by atoms with van der Waals surface area (Å²) in [5.41, 5.74) is 0.323. The molecule has 0 saturated carbocycles. The zero-order valence-electron chi connectivity index (χ0n) is 17.0. The van der Waals surface area contributed by atoms with Crippen molar-refractivity contribution in [2.24, 2.45) is 0 Å². The van der Waals surface area contributed by atoms with Gasteiger partial charge in [0.15, 0.2) is 5.78 Å². The maximum atomic E-state index is 13.2. The number of hydrogen-bond acceptors (Lipinski definition) is 7. The van der Waals surface area contributed by atoms with Crippen LogP contribution in [-0.2, 0) is 19.1 Å². The van der Waals surface area contributed by atoms with E-state index in [1.165, 1.54) is 30.5 Å². The molecule has 8 heteroatoms. The third kappa shape index (κ3) is 5.39. The summed E-state index contributed by atoms with van der Waals surface area (Å²) in [4.78, 5) is 39.5. The van der Waals surface area contributed by atoms with Gasteiger partial charge in [-0.05, 0) is 36.4 Å². The molecule has 0 fully saturated rings. The number of benzene rings is 1. The first-order chi connectivity index (χ1) is 14.5. The number of carbonyl (C=O) groups excluding carboxylic acids is 3. The van der Waals surface area contributed by atoms with E-state index >= 15 is 0 Å². The zero-order valence-corrected chi connectivity index (χ0v) is 17.9. The number of rotatable bonds is 10. The van der Waals surface area contributed by atoms with E-state index in [2.05, 4.69) is 5.92 Å². The summed E-state index contributed by atoms with van der Waals surface area (Å²) in [5.74, 6) is 1.40. The molecule has 1 aromatic heterocycles. The maximum Gasteiger partial charge on any atom is 0.306 e. The molecule has 158 valence electrons. The highest BCUT2D eigenvalue weighted by Gasteiger charge is 2.34. The van der Waals surface area contributed by atoms with Crippen molar-refractivity contribution in [3.63, 3.8) is 0 Å². The Morgan fingerprint density at radius 1 is 1.17 bits per heavy atom. The van der Waals surface area contributed by atoms with Gasteiger partial charge in [-0.25, -0.2) is 0 Å². The second-order valence-corrected chi connectivity index (χ2v) is 7.03. The maximum absolute atomic E-state index is 13.2. The van der Waals surface area contributed by atoms with Gasteiger partial charge in [-0.1, -0.05) is 6.07 Å². The lowest BCUT2D eigenvalue weighted by atomic mass is 10.0. The fourth-order valence-electron chi connectivity index (χ4n) is 2.89. The molecule has 1 aromatic carbocycles. The molecular weight excluding hydrogens is 406 g/mol. The number of hydrogen-bond donors (Lipinski definition) is 0. The van der Waals surface area contributed by atoms with Crippen molar-refractivity contribution in [1.29, 1.82) is 0 Å². The van der Waals surface area contributed by atoms with Crippen molar-refractivity contribution in [1.82, 2.24) is 0 Å². The Morgan fingerprint density at radius 3 is 2.50 bits per heavy atom. The van der Waals surface area contributed by atoms with E-state index in [4.69, 9.17) is 20.6 Å². The molecule has 0 aliphatic rings. The first kappa shape index (κ1) is 23.0. The van der Waals surface area contributed by atoms with Gasteiger partial charge in [0, 0.05) is 17.4 Å². The van der Waals surface area contributed by atoms with Crippen LogP contribution in [0.1, 0.15) is 30.7 Å². The first-order valence-electron chi connectivity index (χ1n) is 9.20. The van der Waals surface area contributed by atoms with Crippen LogP contribution in [0.2, 0.25) is 0 Å². The Labute approximate surface area is 179 Å². The molecule has 0 radical (unpaired) electrons. The molecule has 0 spiro atoms. The van der Waals surface area contributed by atoms with Crippen LogP contribution < -0.4 is 14.4 Å². The number of esters is 1. The van der Waals surface area contributed by atoms with E-state index in [9.17, 15) is 14.4 Å². The number of methoxy groups -OCH3 is 2. The van der Waals surface area contributed by atoms with E-state index in [0.29, 0.717) is 22.1 Å². The molecule has 0 aliphatic carbocycles. The molecule has 0 N–H and O–H groups in total. The highest BCUT2D eigenvalue weighted by molar-refractivity contribution is 7.10. The molecule has 0 saturated heterocycles. The number of ketones is 1. The molecule has 0 aliphatic heterocycles. The highest BCUT2D eigenvalue weighted by atomic mass is 32.1. The van der Waals surface area contributed by atoms with Crippen LogP contribution >= 0.6 is 11.3 Å². The average Bonchev–Trinajstić information content (AvgIpc) is 3.29. The molecule has 0 bridgehead atoms. The number of terminal acetylenes is 1. The lowest BCUT2D eigenvalue weighted by Gasteiger charge is -2.30. The fraction of sp³-hybridized carbons (Fsp3) is 0.318. The molecule has 1 amide bonds. The van der Waals surface area contributed by atoms with Crippen LogP contribution in [0, 0.1) is 12.3 Å². The van der Waals surface area contributed by atoms with E-state index in [1.54, 1.807) is 42.6 Å². The van der Waals surface area contributed by atoms with Gasteiger partial charge in [0.2, 0.25) is 0 Å². The van der Waals surface area contributed by atoms with Gasteiger partial charge in [0.25, 0.3) is 0 Å². The highest BCUT2D eigenvalue weighted by Crippen LogP contribution is 2.39.